The zero-order valence-corrected chi connectivity index (χ0v) is 13.8. The van der Waals surface area contributed by atoms with Gasteiger partial charge in [0, 0.05) is 31.8 Å². The maximum absolute atomic E-state index is 12.1. The summed E-state index contributed by atoms with van der Waals surface area (Å²) < 4.78 is 28.5. The van der Waals surface area contributed by atoms with Crippen LogP contribution in [-0.2, 0) is 11.3 Å². The molecular formula is C18H16F2N2O4. The Kier molecular flexibility index (Phi) is 6.37. The van der Waals surface area contributed by atoms with Gasteiger partial charge in [-0.1, -0.05) is 24.3 Å². The first-order valence-corrected chi connectivity index (χ1v) is 7.56. The number of rotatable bonds is 7. The third kappa shape index (κ3) is 5.66. The molecule has 0 N–H and O–H groups in total. The van der Waals surface area contributed by atoms with Crippen molar-refractivity contribution in [2.75, 3.05) is 7.05 Å². The number of alkyl halides is 2. The highest BCUT2D eigenvalue weighted by molar-refractivity contribution is 5.91. The molecule has 136 valence electrons. The number of carbonyl (C=O) groups is 1. The third-order valence-electron chi connectivity index (χ3n) is 3.44. The molecule has 0 unspecified atom stereocenters. The predicted molar refractivity (Wildman–Crippen MR) is 91.7 cm³/mol. The number of likely N-dealkylation sites (N-methyl/N-ethyl adjacent to an activating group) is 1. The van der Waals surface area contributed by atoms with Crippen LogP contribution >= 0.6 is 0 Å². The molecular weight excluding hydrogens is 346 g/mol. The molecule has 1 amide bonds. The summed E-state index contributed by atoms with van der Waals surface area (Å²) in [5, 5.41) is 10.7. The molecule has 2 rings (SSSR count). The van der Waals surface area contributed by atoms with Gasteiger partial charge in [0.1, 0.15) is 5.75 Å². The molecule has 2 aromatic rings. The van der Waals surface area contributed by atoms with Gasteiger partial charge in [-0.2, -0.15) is 8.78 Å². The Labute approximate surface area is 148 Å². The van der Waals surface area contributed by atoms with Gasteiger partial charge < -0.3 is 9.64 Å². The minimum atomic E-state index is -2.89. The van der Waals surface area contributed by atoms with Crippen molar-refractivity contribution < 1.29 is 23.2 Å². The Morgan fingerprint density at radius 1 is 1.27 bits per heavy atom. The summed E-state index contributed by atoms with van der Waals surface area (Å²) >= 11 is 0. The fourth-order valence-electron chi connectivity index (χ4n) is 2.16. The van der Waals surface area contributed by atoms with Gasteiger partial charge in [0.25, 0.3) is 5.69 Å². The molecule has 2 aromatic carbocycles. The van der Waals surface area contributed by atoms with E-state index in [1.807, 2.05) is 0 Å². The van der Waals surface area contributed by atoms with Crippen LogP contribution in [0.5, 0.6) is 5.75 Å². The van der Waals surface area contributed by atoms with Crippen molar-refractivity contribution >= 4 is 17.7 Å². The van der Waals surface area contributed by atoms with Crippen molar-refractivity contribution in [1.82, 2.24) is 4.90 Å². The van der Waals surface area contributed by atoms with E-state index in [2.05, 4.69) is 4.74 Å². The van der Waals surface area contributed by atoms with Crippen molar-refractivity contribution in [2.24, 2.45) is 0 Å². The minimum Gasteiger partial charge on any atom is -0.435 e. The highest BCUT2D eigenvalue weighted by atomic mass is 19.3. The molecule has 0 aromatic heterocycles. The van der Waals surface area contributed by atoms with Crippen LogP contribution in [0.1, 0.15) is 11.1 Å². The SMILES string of the molecule is CN(Cc1ccc(OC(F)F)cc1)C(=O)C=Cc1cccc([N+](=O)[O-])c1. The Balaban J connectivity index is 1.96. The molecule has 0 fully saturated rings. The van der Waals surface area contributed by atoms with Gasteiger partial charge in [0.05, 0.1) is 4.92 Å². The number of benzene rings is 2. The predicted octanol–water partition coefficient (Wildman–Crippen LogP) is 3.87. The topological polar surface area (TPSA) is 72.7 Å². The molecule has 0 aliphatic heterocycles. The Hall–Kier alpha value is -3.29. The number of halogens is 2. The highest BCUT2D eigenvalue weighted by Crippen LogP contribution is 2.16. The van der Waals surface area contributed by atoms with Gasteiger partial charge in [-0.05, 0) is 29.3 Å². The monoisotopic (exact) mass is 362 g/mol. The quantitative estimate of drug-likeness (QED) is 0.426. The first-order chi connectivity index (χ1) is 12.3. The van der Waals surface area contributed by atoms with Crippen molar-refractivity contribution in [3.05, 3.63) is 75.8 Å². The Bertz CT molecular complexity index is 807. The van der Waals surface area contributed by atoms with Crippen molar-refractivity contribution in [2.45, 2.75) is 13.2 Å². The summed E-state index contributed by atoms with van der Waals surface area (Å²) in [6.07, 6.45) is 2.80. The van der Waals surface area contributed by atoms with Gasteiger partial charge in [-0.15, -0.1) is 0 Å². The lowest BCUT2D eigenvalue weighted by Gasteiger charge is -2.15. The van der Waals surface area contributed by atoms with Gasteiger partial charge in [-0.25, -0.2) is 0 Å². The number of hydrogen-bond acceptors (Lipinski definition) is 4. The molecule has 8 heteroatoms. The molecule has 0 bridgehead atoms. The van der Waals surface area contributed by atoms with E-state index >= 15 is 0 Å². The van der Waals surface area contributed by atoms with Crippen LogP contribution in [0.3, 0.4) is 0 Å². The smallest absolute Gasteiger partial charge is 0.387 e. The number of carbonyl (C=O) groups excluding carboxylic acids is 1. The van der Waals surface area contributed by atoms with E-state index in [0.717, 1.165) is 5.56 Å². The molecule has 0 aliphatic carbocycles. The number of nitro benzene ring substituents is 1. The fourth-order valence-corrected chi connectivity index (χ4v) is 2.16. The van der Waals surface area contributed by atoms with E-state index in [4.69, 9.17) is 0 Å². The number of amides is 1. The average Bonchev–Trinajstić information content (AvgIpc) is 2.61. The molecule has 0 spiro atoms. The maximum atomic E-state index is 12.1. The normalized spacial score (nSPS) is 10.9. The fraction of sp³-hybridized carbons (Fsp3) is 0.167. The maximum Gasteiger partial charge on any atom is 0.387 e. The molecule has 0 heterocycles. The number of hydrogen-bond donors (Lipinski definition) is 0. The Morgan fingerprint density at radius 3 is 2.58 bits per heavy atom. The molecule has 0 atom stereocenters. The van der Waals surface area contributed by atoms with Crippen LogP contribution in [0.15, 0.2) is 54.6 Å². The molecule has 0 saturated carbocycles. The van der Waals surface area contributed by atoms with Crippen LogP contribution in [0.4, 0.5) is 14.5 Å². The van der Waals surface area contributed by atoms with E-state index in [0.29, 0.717) is 5.56 Å². The molecule has 6 nitrogen and oxygen atoms in total. The molecule has 26 heavy (non-hydrogen) atoms. The second-order valence-electron chi connectivity index (χ2n) is 5.40. The van der Waals surface area contributed by atoms with Crippen LogP contribution in [0.25, 0.3) is 6.08 Å². The zero-order valence-electron chi connectivity index (χ0n) is 13.8. The molecule has 0 radical (unpaired) electrons. The van der Waals surface area contributed by atoms with E-state index < -0.39 is 11.5 Å². The lowest BCUT2D eigenvalue weighted by molar-refractivity contribution is -0.384. The minimum absolute atomic E-state index is 0.0447. The first kappa shape index (κ1) is 19.0. The third-order valence-corrected chi connectivity index (χ3v) is 3.44. The standard InChI is InChI=1S/C18H16F2N2O4/c1-21(12-14-5-8-16(9-6-14)26-18(19)20)17(23)10-7-13-3-2-4-15(11-13)22(24)25/h2-11,18H,12H2,1H3. The average molecular weight is 362 g/mol. The summed E-state index contributed by atoms with van der Waals surface area (Å²) in [5.74, 6) is -0.257. The summed E-state index contributed by atoms with van der Waals surface area (Å²) in [7, 11) is 1.59. The van der Waals surface area contributed by atoms with Crippen LogP contribution in [0, 0.1) is 10.1 Å². The summed E-state index contributed by atoms with van der Waals surface area (Å²) in [6.45, 7) is -2.61. The van der Waals surface area contributed by atoms with Crippen molar-refractivity contribution in [3.63, 3.8) is 0 Å². The van der Waals surface area contributed by atoms with Crippen LogP contribution < -0.4 is 4.74 Å². The summed E-state index contributed by atoms with van der Waals surface area (Å²) in [5.41, 5.74) is 1.22. The Morgan fingerprint density at radius 2 is 1.96 bits per heavy atom. The molecule has 0 saturated heterocycles. The zero-order chi connectivity index (χ0) is 19.1. The number of ether oxygens (including phenoxy) is 1. The summed E-state index contributed by atoms with van der Waals surface area (Å²) in [6, 6.07) is 11.9. The van der Waals surface area contributed by atoms with Gasteiger partial charge in [0.2, 0.25) is 5.91 Å². The van der Waals surface area contributed by atoms with Crippen molar-refractivity contribution in [1.29, 1.82) is 0 Å². The summed E-state index contributed by atoms with van der Waals surface area (Å²) in [4.78, 5) is 23.8. The highest BCUT2D eigenvalue weighted by Gasteiger charge is 2.08. The number of nitro groups is 1. The van der Waals surface area contributed by atoms with E-state index in [-0.39, 0.29) is 23.9 Å². The lowest BCUT2D eigenvalue weighted by atomic mass is 10.2. The van der Waals surface area contributed by atoms with E-state index in [1.54, 1.807) is 25.2 Å². The number of nitrogens with zero attached hydrogens (tertiary/aromatic N) is 2. The van der Waals surface area contributed by atoms with E-state index in [1.165, 1.54) is 47.4 Å². The second kappa shape index (κ2) is 8.70. The second-order valence-corrected chi connectivity index (χ2v) is 5.40. The van der Waals surface area contributed by atoms with Crippen molar-refractivity contribution in [3.8, 4) is 5.75 Å². The molecule has 0 aliphatic rings. The largest absolute Gasteiger partial charge is 0.435 e. The van der Waals surface area contributed by atoms with Gasteiger partial charge >= 0.3 is 6.61 Å². The van der Waals surface area contributed by atoms with Gasteiger partial charge in [0.15, 0.2) is 0 Å². The number of non-ortho nitro benzene ring substituents is 1. The van der Waals surface area contributed by atoms with Gasteiger partial charge in [-0.3, -0.25) is 14.9 Å². The lowest BCUT2D eigenvalue weighted by Crippen LogP contribution is -2.24. The van der Waals surface area contributed by atoms with Crippen LogP contribution in [0.2, 0.25) is 0 Å². The van der Waals surface area contributed by atoms with Crippen LogP contribution in [-0.4, -0.2) is 29.4 Å². The first-order valence-electron chi connectivity index (χ1n) is 7.56. The van der Waals surface area contributed by atoms with E-state index in [9.17, 15) is 23.7 Å².